The number of nitrogens with zero attached hydrogens (tertiary/aromatic N) is 2. The maximum atomic E-state index is 12.3. The molecule has 1 heterocycles. The monoisotopic (exact) mass is 295 g/mol. The lowest BCUT2D eigenvalue weighted by atomic mass is 10.1. The minimum absolute atomic E-state index is 0.150. The highest BCUT2D eigenvalue weighted by Gasteiger charge is 2.32. The highest BCUT2D eigenvalue weighted by atomic mass is 19.4. The van der Waals surface area contributed by atoms with E-state index in [1.807, 2.05) is 0 Å². The number of halogens is 3. The molecule has 116 valence electrons. The number of alkyl halides is 3. The molecule has 2 amide bonds. The normalized spacial score (nSPS) is 21.4. The summed E-state index contributed by atoms with van der Waals surface area (Å²) in [6.45, 7) is 2.43. The number of nitrogens with one attached hydrogen (secondary N) is 1. The summed E-state index contributed by atoms with van der Waals surface area (Å²) >= 11 is 0. The summed E-state index contributed by atoms with van der Waals surface area (Å²) < 4.78 is 36.8. The topological polar surface area (TPSA) is 52.7 Å². The van der Waals surface area contributed by atoms with Crippen molar-refractivity contribution >= 4 is 11.8 Å². The quantitative estimate of drug-likeness (QED) is 0.823. The van der Waals surface area contributed by atoms with Crippen LogP contribution in [0.5, 0.6) is 0 Å². The molecule has 1 aliphatic rings. The number of carbonyl (C=O) groups is 2. The van der Waals surface area contributed by atoms with Crippen molar-refractivity contribution in [2.45, 2.75) is 19.5 Å². The molecule has 0 radical (unpaired) electrons. The molecule has 1 N–H and O–H groups in total. The van der Waals surface area contributed by atoms with Crippen LogP contribution in [-0.4, -0.2) is 67.6 Å². The fourth-order valence-corrected chi connectivity index (χ4v) is 2.22. The summed E-state index contributed by atoms with van der Waals surface area (Å²) in [7, 11) is 1.48. The van der Waals surface area contributed by atoms with Crippen molar-refractivity contribution < 1.29 is 22.8 Å². The predicted molar refractivity (Wildman–Crippen MR) is 66.9 cm³/mol. The molecule has 1 unspecified atom stereocenters. The van der Waals surface area contributed by atoms with Crippen molar-refractivity contribution in [2.75, 3.05) is 39.8 Å². The summed E-state index contributed by atoms with van der Waals surface area (Å²) in [6.07, 6.45) is -5.12. The Bertz CT molecular complexity index is 360. The third-order valence-electron chi connectivity index (χ3n) is 3.38. The number of rotatable bonds is 3. The van der Waals surface area contributed by atoms with E-state index < -0.39 is 18.5 Å². The van der Waals surface area contributed by atoms with Crippen LogP contribution in [0.25, 0.3) is 0 Å². The summed E-state index contributed by atoms with van der Waals surface area (Å²) in [5.74, 6) is -0.925. The van der Waals surface area contributed by atoms with E-state index in [1.54, 1.807) is 4.90 Å². The molecule has 0 aromatic heterocycles. The molecular weight excluding hydrogens is 275 g/mol. The second kappa shape index (κ2) is 6.92. The summed E-state index contributed by atoms with van der Waals surface area (Å²) in [4.78, 5) is 26.3. The van der Waals surface area contributed by atoms with Crippen LogP contribution < -0.4 is 5.32 Å². The first-order valence-electron chi connectivity index (χ1n) is 6.49. The second-order valence-corrected chi connectivity index (χ2v) is 4.94. The van der Waals surface area contributed by atoms with Crippen LogP contribution in [0.1, 0.15) is 13.3 Å². The fraction of sp³-hybridized carbons (Fsp3) is 0.833. The zero-order valence-corrected chi connectivity index (χ0v) is 11.7. The van der Waals surface area contributed by atoms with Crippen LogP contribution in [-0.2, 0) is 9.59 Å². The maximum Gasteiger partial charge on any atom is 0.390 e. The Morgan fingerprint density at radius 1 is 1.25 bits per heavy atom. The summed E-state index contributed by atoms with van der Waals surface area (Å²) in [6, 6.07) is 0. The van der Waals surface area contributed by atoms with Crippen LogP contribution in [0.2, 0.25) is 0 Å². The van der Waals surface area contributed by atoms with Gasteiger partial charge in [0, 0.05) is 46.7 Å². The Kier molecular flexibility index (Phi) is 5.79. The van der Waals surface area contributed by atoms with Gasteiger partial charge in [0.25, 0.3) is 0 Å². The van der Waals surface area contributed by atoms with Crippen LogP contribution in [0, 0.1) is 5.92 Å². The molecule has 1 rings (SSSR count). The minimum atomic E-state index is -4.21. The maximum absolute atomic E-state index is 12.3. The van der Waals surface area contributed by atoms with E-state index in [0.717, 1.165) is 0 Å². The molecule has 20 heavy (non-hydrogen) atoms. The van der Waals surface area contributed by atoms with E-state index in [0.29, 0.717) is 13.1 Å². The van der Waals surface area contributed by atoms with Gasteiger partial charge < -0.3 is 15.1 Å². The van der Waals surface area contributed by atoms with Crippen molar-refractivity contribution in [3.8, 4) is 0 Å². The smallest absolute Gasteiger partial charge is 0.359 e. The zero-order chi connectivity index (χ0) is 15.3. The van der Waals surface area contributed by atoms with Gasteiger partial charge >= 0.3 is 6.18 Å². The number of carbonyl (C=O) groups excluding carboxylic acids is 2. The van der Waals surface area contributed by atoms with Gasteiger partial charge in [0.15, 0.2) is 0 Å². The standard InChI is InChI=1S/C12H20F3N3O2/c1-9(19)18-6-5-17(4-3-12(13,14)15)7-10(8-18)11(20)16-2/h10H,3-8H2,1-2H3,(H,16,20). The molecule has 8 heteroatoms. The van der Waals surface area contributed by atoms with Gasteiger partial charge in [-0.25, -0.2) is 0 Å². The van der Waals surface area contributed by atoms with Crippen molar-refractivity contribution in [1.29, 1.82) is 0 Å². The van der Waals surface area contributed by atoms with E-state index in [4.69, 9.17) is 0 Å². The SMILES string of the molecule is CNC(=O)C1CN(CCC(F)(F)F)CCN(C(C)=O)C1. The van der Waals surface area contributed by atoms with Gasteiger partial charge in [-0.3, -0.25) is 9.59 Å². The van der Waals surface area contributed by atoms with Gasteiger partial charge in [-0.05, 0) is 0 Å². The van der Waals surface area contributed by atoms with Gasteiger partial charge in [-0.2, -0.15) is 13.2 Å². The van der Waals surface area contributed by atoms with Gasteiger partial charge in [-0.1, -0.05) is 0 Å². The highest BCUT2D eigenvalue weighted by Crippen LogP contribution is 2.21. The van der Waals surface area contributed by atoms with Gasteiger partial charge in [0.05, 0.1) is 12.3 Å². The Hall–Kier alpha value is -1.31. The highest BCUT2D eigenvalue weighted by molar-refractivity contribution is 5.80. The molecule has 5 nitrogen and oxygen atoms in total. The van der Waals surface area contributed by atoms with Crippen molar-refractivity contribution in [3.63, 3.8) is 0 Å². The molecule has 1 aliphatic heterocycles. The van der Waals surface area contributed by atoms with Crippen LogP contribution in [0.3, 0.4) is 0 Å². The molecule has 1 saturated heterocycles. The third kappa shape index (κ3) is 5.36. The lowest BCUT2D eigenvalue weighted by Crippen LogP contribution is -2.41. The Labute approximate surface area is 116 Å². The zero-order valence-electron chi connectivity index (χ0n) is 11.7. The molecule has 0 aromatic rings. The number of hydrogen-bond donors (Lipinski definition) is 1. The molecule has 0 bridgehead atoms. The van der Waals surface area contributed by atoms with Crippen molar-refractivity contribution in [2.24, 2.45) is 5.92 Å². The summed E-state index contributed by atoms with van der Waals surface area (Å²) in [5.41, 5.74) is 0. The first-order chi connectivity index (χ1) is 9.23. The van der Waals surface area contributed by atoms with E-state index in [9.17, 15) is 22.8 Å². The average Bonchev–Trinajstić information content (AvgIpc) is 2.57. The van der Waals surface area contributed by atoms with Gasteiger partial charge in [0.2, 0.25) is 11.8 Å². The van der Waals surface area contributed by atoms with Gasteiger partial charge in [0.1, 0.15) is 0 Å². The lowest BCUT2D eigenvalue weighted by Gasteiger charge is -2.23. The lowest BCUT2D eigenvalue weighted by molar-refractivity contribution is -0.138. The Morgan fingerprint density at radius 2 is 1.90 bits per heavy atom. The predicted octanol–water partition coefficient (Wildman–Crippen LogP) is 0.465. The van der Waals surface area contributed by atoms with Crippen LogP contribution in [0.15, 0.2) is 0 Å². The van der Waals surface area contributed by atoms with Crippen LogP contribution >= 0.6 is 0 Å². The number of amides is 2. The summed E-state index contributed by atoms with van der Waals surface area (Å²) in [5, 5.41) is 2.49. The van der Waals surface area contributed by atoms with Crippen molar-refractivity contribution in [1.82, 2.24) is 15.1 Å². The molecule has 0 spiro atoms. The largest absolute Gasteiger partial charge is 0.390 e. The minimum Gasteiger partial charge on any atom is -0.359 e. The fourth-order valence-electron chi connectivity index (χ4n) is 2.22. The molecular formula is C12H20F3N3O2. The molecule has 0 aliphatic carbocycles. The molecule has 1 fully saturated rings. The number of hydrogen-bond acceptors (Lipinski definition) is 3. The third-order valence-corrected chi connectivity index (χ3v) is 3.38. The van der Waals surface area contributed by atoms with Crippen molar-refractivity contribution in [3.05, 3.63) is 0 Å². The van der Waals surface area contributed by atoms with Gasteiger partial charge in [-0.15, -0.1) is 0 Å². The van der Waals surface area contributed by atoms with Crippen LogP contribution in [0.4, 0.5) is 13.2 Å². The Balaban J connectivity index is 2.69. The first kappa shape index (κ1) is 16.7. The van der Waals surface area contributed by atoms with E-state index in [-0.39, 0.29) is 31.4 Å². The Morgan fingerprint density at radius 3 is 2.40 bits per heavy atom. The molecule has 0 saturated carbocycles. The second-order valence-electron chi connectivity index (χ2n) is 4.94. The van der Waals surface area contributed by atoms with E-state index >= 15 is 0 Å². The molecule has 0 aromatic carbocycles. The first-order valence-corrected chi connectivity index (χ1v) is 6.49. The van der Waals surface area contributed by atoms with E-state index in [1.165, 1.54) is 18.9 Å². The molecule has 1 atom stereocenters. The van der Waals surface area contributed by atoms with E-state index in [2.05, 4.69) is 5.32 Å². The average molecular weight is 295 g/mol.